The van der Waals surface area contributed by atoms with E-state index < -0.39 is 0 Å². The van der Waals surface area contributed by atoms with Crippen molar-refractivity contribution in [2.24, 2.45) is 7.05 Å². The van der Waals surface area contributed by atoms with Crippen LogP contribution in [-0.2, 0) is 23.7 Å². The lowest BCUT2D eigenvalue weighted by Gasteiger charge is -2.39. The molecular weight excluding hydrogens is 537 g/mol. The molecule has 196 valence electrons. The lowest BCUT2D eigenvalue weighted by Crippen LogP contribution is -2.46. The van der Waals surface area contributed by atoms with Gasteiger partial charge in [-0.2, -0.15) is 5.10 Å². The Morgan fingerprint density at radius 2 is 2.00 bits per heavy atom. The number of carbonyl (C=O) groups excluding carboxylic acids is 1. The van der Waals surface area contributed by atoms with E-state index in [1.807, 2.05) is 48.1 Å². The summed E-state index contributed by atoms with van der Waals surface area (Å²) in [4.78, 5) is 22.8. The van der Waals surface area contributed by atoms with Crippen LogP contribution >= 0.6 is 34.5 Å². The van der Waals surface area contributed by atoms with Gasteiger partial charge in [0.25, 0.3) is 0 Å². The second-order valence-electron chi connectivity index (χ2n) is 10.3. The third kappa shape index (κ3) is 4.89. The first-order valence-corrected chi connectivity index (χ1v) is 14.5. The number of likely N-dealkylation sites (tertiary alicyclic amines) is 1. The highest BCUT2D eigenvalue weighted by molar-refractivity contribution is 7.16. The van der Waals surface area contributed by atoms with Gasteiger partial charge in [0.15, 0.2) is 0 Å². The van der Waals surface area contributed by atoms with Crippen molar-refractivity contribution in [3.05, 3.63) is 81.0 Å². The quantitative estimate of drug-likeness (QED) is 0.273. The number of thiazole rings is 1. The fourth-order valence-corrected chi connectivity index (χ4v) is 6.86. The highest BCUT2D eigenvalue weighted by atomic mass is 35.5. The molecule has 0 saturated carbocycles. The SMILES string of the molecule is Cn1cc(CCC(=O)N2CC3(CCN(C/C=C/c4ccc(Cl)c(Cl)c4)CC3)c3c2ccc2scnc32)cn1. The molecule has 2 aliphatic heterocycles. The van der Waals surface area contributed by atoms with E-state index in [9.17, 15) is 4.79 Å². The molecule has 2 aromatic heterocycles. The van der Waals surface area contributed by atoms with Crippen LogP contribution in [0.4, 0.5) is 5.69 Å². The summed E-state index contributed by atoms with van der Waals surface area (Å²) in [6.45, 7) is 3.56. The van der Waals surface area contributed by atoms with E-state index in [-0.39, 0.29) is 11.3 Å². The van der Waals surface area contributed by atoms with Crippen molar-refractivity contribution in [1.29, 1.82) is 0 Å². The Morgan fingerprint density at radius 3 is 2.76 bits per heavy atom. The summed E-state index contributed by atoms with van der Waals surface area (Å²) >= 11 is 13.9. The molecule has 0 radical (unpaired) electrons. The van der Waals surface area contributed by atoms with Gasteiger partial charge in [0, 0.05) is 49.4 Å². The summed E-state index contributed by atoms with van der Waals surface area (Å²) in [6.07, 6.45) is 11.3. The molecule has 4 aromatic rings. The van der Waals surface area contributed by atoms with Gasteiger partial charge >= 0.3 is 0 Å². The first-order chi connectivity index (χ1) is 18.4. The summed E-state index contributed by atoms with van der Waals surface area (Å²) in [5.74, 6) is 0.175. The van der Waals surface area contributed by atoms with Crippen LogP contribution in [0.3, 0.4) is 0 Å². The molecule has 0 atom stereocenters. The van der Waals surface area contributed by atoms with Crippen LogP contribution in [-0.4, -0.2) is 51.8 Å². The topological polar surface area (TPSA) is 54.3 Å². The molecule has 1 fully saturated rings. The number of aryl methyl sites for hydroxylation is 2. The Balaban J connectivity index is 1.18. The number of anilines is 1. The van der Waals surface area contributed by atoms with E-state index in [0.29, 0.717) is 22.9 Å². The Hall–Kier alpha value is -2.71. The number of carbonyl (C=O) groups is 1. The fraction of sp³-hybridized carbons (Fsp3) is 0.345. The van der Waals surface area contributed by atoms with E-state index >= 15 is 0 Å². The summed E-state index contributed by atoms with van der Waals surface area (Å²) < 4.78 is 2.98. The molecule has 6 rings (SSSR count). The summed E-state index contributed by atoms with van der Waals surface area (Å²) in [5, 5.41) is 5.38. The predicted molar refractivity (Wildman–Crippen MR) is 156 cm³/mol. The summed E-state index contributed by atoms with van der Waals surface area (Å²) in [5.41, 5.74) is 7.40. The maximum Gasteiger partial charge on any atom is 0.227 e. The second kappa shape index (κ2) is 10.5. The number of rotatable bonds is 6. The molecule has 1 amide bonds. The second-order valence-corrected chi connectivity index (χ2v) is 12.0. The normalized spacial score (nSPS) is 17.2. The molecule has 4 heterocycles. The maximum absolute atomic E-state index is 13.5. The van der Waals surface area contributed by atoms with Gasteiger partial charge in [-0.25, -0.2) is 4.98 Å². The average molecular weight is 567 g/mol. The molecule has 9 heteroatoms. The van der Waals surface area contributed by atoms with Gasteiger partial charge in [-0.05, 0) is 67.7 Å². The lowest BCUT2D eigenvalue weighted by molar-refractivity contribution is -0.118. The van der Waals surface area contributed by atoms with Crippen LogP contribution in [0, 0.1) is 0 Å². The highest BCUT2D eigenvalue weighted by Crippen LogP contribution is 2.50. The monoisotopic (exact) mass is 565 g/mol. The van der Waals surface area contributed by atoms with E-state index in [0.717, 1.165) is 61.4 Å². The zero-order chi connectivity index (χ0) is 26.3. The Labute approximate surface area is 236 Å². The van der Waals surface area contributed by atoms with Crippen LogP contribution < -0.4 is 4.90 Å². The first kappa shape index (κ1) is 25.6. The lowest BCUT2D eigenvalue weighted by atomic mass is 9.74. The number of piperidine rings is 1. The third-order valence-electron chi connectivity index (χ3n) is 7.88. The van der Waals surface area contributed by atoms with Gasteiger partial charge in [0.05, 0.1) is 32.0 Å². The smallest absolute Gasteiger partial charge is 0.227 e. The van der Waals surface area contributed by atoms with Crippen molar-refractivity contribution in [3.8, 4) is 0 Å². The number of fused-ring (bicyclic) bond motifs is 4. The first-order valence-electron chi connectivity index (χ1n) is 12.9. The molecule has 2 aromatic carbocycles. The predicted octanol–water partition coefficient (Wildman–Crippen LogP) is 6.36. The molecular formula is C29H29Cl2N5OS. The van der Waals surface area contributed by atoms with Gasteiger partial charge in [-0.15, -0.1) is 11.3 Å². The van der Waals surface area contributed by atoms with E-state index in [2.05, 4.69) is 34.3 Å². The zero-order valence-electron chi connectivity index (χ0n) is 21.2. The zero-order valence-corrected chi connectivity index (χ0v) is 23.6. The van der Waals surface area contributed by atoms with Crippen LogP contribution in [0.15, 0.2) is 54.3 Å². The molecule has 0 aliphatic carbocycles. The van der Waals surface area contributed by atoms with Crippen molar-refractivity contribution in [2.45, 2.75) is 31.1 Å². The van der Waals surface area contributed by atoms with Crippen molar-refractivity contribution in [3.63, 3.8) is 0 Å². The number of hydrogen-bond donors (Lipinski definition) is 0. The number of nitrogens with zero attached hydrogens (tertiary/aromatic N) is 5. The van der Waals surface area contributed by atoms with Crippen molar-refractivity contribution in [1.82, 2.24) is 19.7 Å². The molecule has 6 nitrogen and oxygen atoms in total. The van der Waals surface area contributed by atoms with Crippen molar-refractivity contribution < 1.29 is 4.79 Å². The van der Waals surface area contributed by atoms with E-state index in [1.165, 1.54) is 10.3 Å². The minimum absolute atomic E-state index is 0.0587. The number of benzene rings is 2. The third-order valence-corrected chi connectivity index (χ3v) is 9.41. The average Bonchev–Trinajstić information content (AvgIpc) is 3.63. The fourth-order valence-electron chi connectivity index (χ4n) is 5.87. The number of aromatic nitrogens is 3. The largest absolute Gasteiger partial charge is 0.311 e. The van der Waals surface area contributed by atoms with E-state index in [4.69, 9.17) is 28.2 Å². The summed E-state index contributed by atoms with van der Waals surface area (Å²) in [6, 6.07) is 9.95. The van der Waals surface area contributed by atoms with Crippen molar-refractivity contribution in [2.75, 3.05) is 31.1 Å². The van der Waals surface area contributed by atoms with Gasteiger partial charge in [0.1, 0.15) is 0 Å². The minimum Gasteiger partial charge on any atom is -0.311 e. The van der Waals surface area contributed by atoms with Gasteiger partial charge in [-0.1, -0.05) is 41.4 Å². The van der Waals surface area contributed by atoms with Crippen LogP contribution in [0.1, 0.15) is 36.0 Å². The van der Waals surface area contributed by atoms with Gasteiger partial charge in [-0.3, -0.25) is 14.4 Å². The van der Waals surface area contributed by atoms with Crippen LogP contribution in [0.25, 0.3) is 16.3 Å². The Bertz CT molecular complexity index is 1520. The number of halogens is 2. The highest BCUT2D eigenvalue weighted by Gasteiger charge is 2.47. The molecule has 1 spiro atoms. The number of amides is 1. The molecule has 0 bridgehead atoms. The standard InChI is InChI=1S/C29H29Cl2N5OS/c1-34-17-21(16-33-34)5-9-26(37)36-18-29(27-24(36)7-8-25-28(27)32-19-38-25)10-13-35(14-11-29)12-2-3-20-4-6-22(30)23(31)15-20/h2-4,6-8,15-17,19H,5,9-14,18H2,1H3/b3-2+. The van der Waals surface area contributed by atoms with Gasteiger partial charge < -0.3 is 4.90 Å². The van der Waals surface area contributed by atoms with Gasteiger partial charge in [0.2, 0.25) is 5.91 Å². The van der Waals surface area contributed by atoms with Crippen LogP contribution in [0.2, 0.25) is 10.0 Å². The van der Waals surface area contributed by atoms with E-state index in [1.54, 1.807) is 16.0 Å². The molecule has 0 N–H and O–H groups in total. The molecule has 1 saturated heterocycles. The Kier molecular flexibility index (Phi) is 7.03. The minimum atomic E-state index is -0.0587. The van der Waals surface area contributed by atoms with Crippen LogP contribution in [0.5, 0.6) is 0 Å². The summed E-state index contributed by atoms with van der Waals surface area (Å²) in [7, 11) is 1.90. The Morgan fingerprint density at radius 1 is 1.16 bits per heavy atom. The number of hydrogen-bond acceptors (Lipinski definition) is 5. The molecule has 38 heavy (non-hydrogen) atoms. The maximum atomic E-state index is 13.5. The molecule has 0 unspecified atom stereocenters. The van der Waals surface area contributed by atoms with Crippen molar-refractivity contribution >= 4 is 62.4 Å². The molecule has 2 aliphatic rings.